The molecule has 3 aliphatic rings. The molecule has 0 radical (unpaired) electrons. The van der Waals surface area contributed by atoms with Gasteiger partial charge in [0.1, 0.15) is 0 Å². The fraction of sp³-hybridized carbons (Fsp3) is 0.895. The van der Waals surface area contributed by atoms with Crippen LogP contribution in [0, 0.1) is 0 Å². The third-order valence-electron chi connectivity index (χ3n) is 5.92. The first-order chi connectivity index (χ1) is 11.7. The van der Waals surface area contributed by atoms with Gasteiger partial charge in [0.25, 0.3) is 0 Å². The quantitative estimate of drug-likeness (QED) is 0.785. The first kappa shape index (κ1) is 17.7. The van der Waals surface area contributed by atoms with E-state index in [0.29, 0.717) is 31.0 Å². The second kappa shape index (κ2) is 8.84. The first-order valence-corrected chi connectivity index (χ1v) is 10.0. The van der Waals surface area contributed by atoms with E-state index in [1.807, 2.05) is 4.90 Å². The molecule has 2 heterocycles. The number of hydrogen-bond acceptors (Lipinski definition) is 3. The highest BCUT2D eigenvalue weighted by Crippen LogP contribution is 2.21. The average molecular weight is 335 g/mol. The van der Waals surface area contributed by atoms with E-state index in [1.54, 1.807) is 0 Å². The van der Waals surface area contributed by atoms with E-state index in [9.17, 15) is 9.59 Å². The number of hydrogen-bond donors (Lipinski definition) is 1. The van der Waals surface area contributed by atoms with Crippen LogP contribution in [0.4, 0.5) is 0 Å². The van der Waals surface area contributed by atoms with Gasteiger partial charge in [-0.25, -0.2) is 0 Å². The normalized spacial score (nSPS) is 27.2. The number of rotatable bonds is 5. The van der Waals surface area contributed by atoms with E-state index >= 15 is 0 Å². The van der Waals surface area contributed by atoms with Crippen LogP contribution in [-0.2, 0) is 9.59 Å². The Labute approximate surface area is 146 Å². The molecule has 5 nitrogen and oxygen atoms in total. The lowest BCUT2D eigenvalue weighted by Gasteiger charge is -2.37. The van der Waals surface area contributed by atoms with E-state index in [1.165, 1.54) is 38.5 Å². The molecule has 0 bridgehead atoms. The summed E-state index contributed by atoms with van der Waals surface area (Å²) in [5.74, 6) is 0.477. The maximum atomic E-state index is 12.5. The Morgan fingerprint density at radius 1 is 0.958 bits per heavy atom. The molecule has 2 saturated heterocycles. The lowest BCUT2D eigenvalue weighted by molar-refractivity contribution is -0.128. The van der Waals surface area contributed by atoms with Gasteiger partial charge in [-0.3, -0.25) is 14.5 Å². The van der Waals surface area contributed by atoms with Crippen LogP contribution in [0.1, 0.15) is 70.6 Å². The molecule has 0 unspecified atom stereocenters. The monoisotopic (exact) mass is 335 g/mol. The molecule has 136 valence electrons. The summed E-state index contributed by atoms with van der Waals surface area (Å²) in [7, 11) is 0. The molecule has 3 rings (SSSR count). The van der Waals surface area contributed by atoms with Crippen molar-refractivity contribution in [1.29, 1.82) is 0 Å². The molecule has 0 aromatic rings. The molecule has 2 aliphatic heterocycles. The minimum absolute atomic E-state index is 0.182. The molecule has 1 saturated carbocycles. The predicted octanol–water partition coefficient (Wildman–Crippen LogP) is 2.30. The van der Waals surface area contributed by atoms with Crippen LogP contribution in [-0.4, -0.2) is 59.9 Å². The van der Waals surface area contributed by atoms with Crippen molar-refractivity contribution < 1.29 is 9.59 Å². The first-order valence-electron chi connectivity index (χ1n) is 10.0. The second-order valence-electron chi connectivity index (χ2n) is 7.82. The van der Waals surface area contributed by atoms with E-state index in [0.717, 1.165) is 45.3 Å². The van der Waals surface area contributed by atoms with Crippen molar-refractivity contribution >= 4 is 11.8 Å². The SMILES string of the molecule is O=C(CN1CCCC[C@@H]1CN1CCCC1=O)NC1CCCCCC1. The minimum atomic E-state index is 0.182. The van der Waals surface area contributed by atoms with Crippen molar-refractivity contribution in [3.8, 4) is 0 Å². The number of piperidine rings is 1. The Morgan fingerprint density at radius 2 is 1.71 bits per heavy atom. The zero-order chi connectivity index (χ0) is 16.8. The smallest absolute Gasteiger partial charge is 0.234 e. The van der Waals surface area contributed by atoms with Gasteiger partial charge in [-0.1, -0.05) is 32.1 Å². The van der Waals surface area contributed by atoms with Gasteiger partial charge in [0.2, 0.25) is 11.8 Å². The van der Waals surface area contributed by atoms with E-state index < -0.39 is 0 Å². The zero-order valence-electron chi connectivity index (χ0n) is 15.0. The molecule has 0 aromatic carbocycles. The molecular formula is C19H33N3O2. The topological polar surface area (TPSA) is 52.7 Å². The van der Waals surface area contributed by atoms with Crippen LogP contribution in [0.25, 0.3) is 0 Å². The molecule has 2 amide bonds. The van der Waals surface area contributed by atoms with Crippen molar-refractivity contribution in [2.24, 2.45) is 0 Å². The Balaban J connectivity index is 1.49. The van der Waals surface area contributed by atoms with Gasteiger partial charge in [0, 0.05) is 31.6 Å². The van der Waals surface area contributed by atoms with Crippen LogP contribution < -0.4 is 5.32 Å². The van der Waals surface area contributed by atoms with Crippen molar-refractivity contribution in [3.05, 3.63) is 0 Å². The standard InChI is InChI=1S/C19H33N3O2/c23-18(20-16-8-3-1-2-4-9-16)15-21-12-6-5-10-17(21)14-22-13-7-11-19(22)24/h16-17H,1-15H2,(H,20,23)/t17-/m1/s1. The number of nitrogens with zero attached hydrogens (tertiary/aromatic N) is 2. The van der Waals surface area contributed by atoms with Gasteiger partial charge in [-0.2, -0.15) is 0 Å². The summed E-state index contributed by atoms with van der Waals surface area (Å²) in [6, 6.07) is 0.740. The molecule has 1 N–H and O–H groups in total. The number of likely N-dealkylation sites (tertiary alicyclic amines) is 2. The molecule has 0 aromatic heterocycles. The summed E-state index contributed by atoms with van der Waals surface area (Å²) in [5, 5.41) is 3.27. The highest BCUT2D eigenvalue weighted by molar-refractivity contribution is 5.79. The summed E-state index contributed by atoms with van der Waals surface area (Å²) < 4.78 is 0. The molecule has 5 heteroatoms. The Kier molecular flexibility index (Phi) is 6.52. The van der Waals surface area contributed by atoms with E-state index in [2.05, 4.69) is 10.2 Å². The number of nitrogens with one attached hydrogen (secondary N) is 1. The van der Waals surface area contributed by atoms with Crippen LogP contribution in [0.2, 0.25) is 0 Å². The molecular weight excluding hydrogens is 302 g/mol. The Morgan fingerprint density at radius 3 is 2.42 bits per heavy atom. The average Bonchev–Trinajstić information content (AvgIpc) is 2.82. The van der Waals surface area contributed by atoms with Gasteiger partial charge in [-0.15, -0.1) is 0 Å². The Bertz CT molecular complexity index is 432. The van der Waals surface area contributed by atoms with E-state index in [-0.39, 0.29) is 5.91 Å². The van der Waals surface area contributed by atoms with Crippen LogP contribution in [0.3, 0.4) is 0 Å². The van der Waals surface area contributed by atoms with Gasteiger partial charge in [0.05, 0.1) is 6.54 Å². The van der Waals surface area contributed by atoms with E-state index in [4.69, 9.17) is 0 Å². The second-order valence-corrected chi connectivity index (χ2v) is 7.82. The Hall–Kier alpha value is -1.10. The minimum Gasteiger partial charge on any atom is -0.352 e. The lowest BCUT2D eigenvalue weighted by Crippen LogP contribution is -2.51. The fourth-order valence-electron chi connectivity index (χ4n) is 4.51. The van der Waals surface area contributed by atoms with Crippen molar-refractivity contribution in [1.82, 2.24) is 15.1 Å². The molecule has 0 spiro atoms. The number of carbonyl (C=O) groups excluding carboxylic acids is 2. The summed E-state index contributed by atoms with van der Waals surface area (Å²) in [4.78, 5) is 28.7. The van der Waals surface area contributed by atoms with Crippen LogP contribution in [0.15, 0.2) is 0 Å². The lowest BCUT2D eigenvalue weighted by atomic mass is 10.0. The maximum Gasteiger partial charge on any atom is 0.234 e. The van der Waals surface area contributed by atoms with Gasteiger partial charge < -0.3 is 10.2 Å². The largest absolute Gasteiger partial charge is 0.352 e. The third-order valence-corrected chi connectivity index (χ3v) is 5.92. The zero-order valence-corrected chi connectivity index (χ0v) is 15.0. The van der Waals surface area contributed by atoms with Gasteiger partial charge in [-0.05, 0) is 38.6 Å². The summed E-state index contributed by atoms with van der Waals surface area (Å²) in [5.41, 5.74) is 0. The number of carbonyl (C=O) groups is 2. The molecule has 24 heavy (non-hydrogen) atoms. The van der Waals surface area contributed by atoms with Crippen LogP contribution >= 0.6 is 0 Å². The summed E-state index contributed by atoms with van der Waals surface area (Å²) in [6.45, 7) is 3.21. The molecule has 1 aliphatic carbocycles. The summed E-state index contributed by atoms with van der Waals surface area (Å²) >= 11 is 0. The van der Waals surface area contributed by atoms with Gasteiger partial charge in [0.15, 0.2) is 0 Å². The third kappa shape index (κ3) is 4.95. The highest BCUT2D eigenvalue weighted by atomic mass is 16.2. The molecule has 3 fully saturated rings. The van der Waals surface area contributed by atoms with Gasteiger partial charge >= 0.3 is 0 Å². The summed E-state index contributed by atoms with van der Waals surface area (Å²) in [6.07, 6.45) is 12.6. The fourth-order valence-corrected chi connectivity index (χ4v) is 4.51. The van der Waals surface area contributed by atoms with Crippen molar-refractivity contribution in [2.45, 2.75) is 82.7 Å². The molecule has 1 atom stereocenters. The van der Waals surface area contributed by atoms with Crippen LogP contribution in [0.5, 0.6) is 0 Å². The highest BCUT2D eigenvalue weighted by Gasteiger charge is 2.30. The van der Waals surface area contributed by atoms with Crippen molar-refractivity contribution in [2.75, 3.05) is 26.2 Å². The van der Waals surface area contributed by atoms with Crippen molar-refractivity contribution in [3.63, 3.8) is 0 Å². The predicted molar refractivity (Wildman–Crippen MR) is 94.7 cm³/mol. The number of amides is 2. The maximum absolute atomic E-state index is 12.5.